The summed E-state index contributed by atoms with van der Waals surface area (Å²) in [5.74, 6) is 0.694. The number of halogens is 1. The first-order valence-electron chi connectivity index (χ1n) is 7.91. The molecule has 0 aromatic heterocycles. The highest BCUT2D eigenvalue weighted by molar-refractivity contribution is 9.10. The lowest BCUT2D eigenvalue weighted by molar-refractivity contribution is 0.234. The molecule has 0 bridgehead atoms. The van der Waals surface area contributed by atoms with Crippen LogP contribution in [0.1, 0.15) is 26.3 Å². The van der Waals surface area contributed by atoms with Crippen molar-refractivity contribution in [1.82, 2.24) is 10.2 Å². The minimum atomic E-state index is 0.609. The molecule has 0 radical (unpaired) electrons. The average Bonchev–Trinajstić information content (AvgIpc) is 2.42. The maximum Gasteiger partial charge on any atom is 0.0511 e. The molecule has 1 aliphatic heterocycles. The lowest BCUT2D eigenvalue weighted by atomic mass is 10.1. The third-order valence-corrected chi connectivity index (χ3v) is 4.83. The van der Waals surface area contributed by atoms with Crippen molar-refractivity contribution in [2.45, 2.75) is 33.4 Å². The SMILES string of the molecule is CC(C)CNCc1ccc(N2CCN(C)C(C)C2)c(Br)c1. The lowest BCUT2D eigenvalue weighted by Crippen LogP contribution is -2.50. The number of hydrogen-bond acceptors (Lipinski definition) is 3. The van der Waals surface area contributed by atoms with E-state index in [-0.39, 0.29) is 0 Å². The van der Waals surface area contributed by atoms with Crippen molar-refractivity contribution in [2.24, 2.45) is 5.92 Å². The summed E-state index contributed by atoms with van der Waals surface area (Å²) < 4.78 is 1.21. The number of benzene rings is 1. The largest absolute Gasteiger partial charge is 0.368 e. The zero-order valence-corrected chi connectivity index (χ0v) is 15.3. The fraction of sp³-hybridized carbons (Fsp3) is 0.647. The Labute approximate surface area is 137 Å². The van der Waals surface area contributed by atoms with Crippen LogP contribution in [0.15, 0.2) is 22.7 Å². The summed E-state index contributed by atoms with van der Waals surface area (Å²) in [7, 11) is 2.21. The molecule has 1 aromatic carbocycles. The van der Waals surface area contributed by atoms with Gasteiger partial charge < -0.3 is 15.1 Å². The molecule has 0 aliphatic carbocycles. The second-order valence-electron chi connectivity index (χ2n) is 6.59. The van der Waals surface area contributed by atoms with Gasteiger partial charge in [0.25, 0.3) is 0 Å². The second kappa shape index (κ2) is 7.61. The van der Waals surface area contributed by atoms with Gasteiger partial charge in [0.2, 0.25) is 0 Å². The molecule has 0 amide bonds. The number of hydrogen-bond donors (Lipinski definition) is 1. The number of rotatable bonds is 5. The van der Waals surface area contributed by atoms with E-state index in [2.05, 4.69) is 77.1 Å². The minimum Gasteiger partial charge on any atom is -0.368 e. The number of likely N-dealkylation sites (N-methyl/N-ethyl adjacent to an activating group) is 1. The van der Waals surface area contributed by atoms with Crippen molar-refractivity contribution in [3.05, 3.63) is 28.2 Å². The molecule has 3 nitrogen and oxygen atoms in total. The predicted octanol–water partition coefficient (Wildman–Crippen LogP) is 3.34. The molecule has 21 heavy (non-hydrogen) atoms. The van der Waals surface area contributed by atoms with Gasteiger partial charge in [-0.1, -0.05) is 19.9 Å². The van der Waals surface area contributed by atoms with Gasteiger partial charge in [-0.05, 0) is 60.1 Å². The van der Waals surface area contributed by atoms with Crippen molar-refractivity contribution in [3.8, 4) is 0 Å². The molecule has 4 heteroatoms. The third-order valence-electron chi connectivity index (χ3n) is 4.19. The van der Waals surface area contributed by atoms with E-state index in [0.29, 0.717) is 12.0 Å². The first-order chi connectivity index (χ1) is 9.97. The van der Waals surface area contributed by atoms with Crippen LogP contribution in [-0.4, -0.2) is 44.2 Å². The maximum absolute atomic E-state index is 3.76. The van der Waals surface area contributed by atoms with E-state index in [1.54, 1.807) is 0 Å². The highest BCUT2D eigenvalue weighted by Crippen LogP contribution is 2.29. The van der Waals surface area contributed by atoms with Gasteiger partial charge in [-0.15, -0.1) is 0 Å². The second-order valence-corrected chi connectivity index (χ2v) is 7.44. The molecule has 1 saturated heterocycles. The quantitative estimate of drug-likeness (QED) is 0.875. The highest BCUT2D eigenvalue weighted by Gasteiger charge is 2.22. The van der Waals surface area contributed by atoms with Gasteiger partial charge in [0.15, 0.2) is 0 Å². The van der Waals surface area contributed by atoms with Crippen molar-refractivity contribution in [3.63, 3.8) is 0 Å². The molecule has 0 spiro atoms. The van der Waals surface area contributed by atoms with E-state index >= 15 is 0 Å². The molecule has 118 valence electrons. The van der Waals surface area contributed by atoms with E-state index in [9.17, 15) is 0 Å². The van der Waals surface area contributed by atoms with Gasteiger partial charge in [0.05, 0.1) is 5.69 Å². The summed E-state index contributed by atoms with van der Waals surface area (Å²) >= 11 is 3.76. The molecule has 1 unspecified atom stereocenters. The van der Waals surface area contributed by atoms with Crippen LogP contribution in [-0.2, 0) is 6.54 Å². The summed E-state index contributed by atoms with van der Waals surface area (Å²) in [6.45, 7) is 12.1. The zero-order chi connectivity index (χ0) is 15.4. The Balaban J connectivity index is 1.99. The predicted molar refractivity (Wildman–Crippen MR) is 95.0 cm³/mol. The normalized spacial score (nSPS) is 20.3. The van der Waals surface area contributed by atoms with Gasteiger partial charge in [-0.3, -0.25) is 0 Å². The van der Waals surface area contributed by atoms with Crippen molar-refractivity contribution in [1.29, 1.82) is 0 Å². The number of piperazine rings is 1. The number of nitrogens with one attached hydrogen (secondary N) is 1. The Morgan fingerprint density at radius 1 is 1.33 bits per heavy atom. The van der Waals surface area contributed by atoms with E-state index in [4.69, 9.17) is 0 Å². The van der Waals surface area contributed by atoms with Gasteiger partial charge in [-0.25, -0.2) is 0 Å². The van der Waals surface area contributed by atoms with Gasteiger partial charge in [-0.2, -0.15) is 0 Å². The molecule has 1 aliphatic rings. The monoisotopic (exact) mass is 353 g/mol. The standard InChI is InChI=1S/C17H28BrN3/c1-13(2)10-19-11-15-5-6-17(16(18)9-15)21-8-7-20(4)14(3)12-21/h5-6,9,13-14,19H,7-8,10-12H2,1-4H3. The molecule has 0 saturated carbocycles. The molecule has 1 N–H and O–H groups in total. The summed E-state index contributed by atoms with van der Waals surface area (Å²) in [5, 5.41) is 3.50. The van der Waals surface area contributed by atoms with Gasteiger partial charge in [0, 0.05) is 36.7 Å². The first-order valence-corrected chi connectivity index (χ1v) is 8.71. The number of anilines is 1. The van der Waals surface area contributed by atoms with Crippen LogP contribution in [0.2, 0.25) is 0 Å². The minimum absolute atomic E-state index is 0.609. The Kier molecular flexibility index (Phi) is 6.08. The van der Waals surface area contributed by atoms with Crippen LogP contribution in [0.25, 0.3) is 0 Å². The molecule has 1 heterocycles. The highest BCUT2D eigenvalue weighted by atomic mass is 79.9. The summed E-state index contributed by atoms with van der Waals surface area (Å²) in [4.78, 5) is 4.91. The fourth-order valence-corrected chi connectivity index (χ4v) is 3.37. The van der Waals surface area contributed by atoms with Crippen LogP contribution in [0.3, 0.4) is 0 Å². The molecular weight excluding hydrogens is 326 g/mol. The first kappa shape index (κ1) is 16.8. The number of nitrogens with zero attached hydrogens (tertiary/aromatic N) is 2. The molecule has 1 fully saturated rings. The third kappa shape index (κ3) is 4.70. The van der Waals surface area contributed by atoms with Crippen LogP contribution < -0.4 is 10.2 Å². The van der Waals surface area contributed by atoms with Gasteiger partial charge in [0.1, 0.15) is 0 Å². The van der Waals surface area contributed by atoms with E-state index < -0.39 is 0 Å². The molecular formula is C17H28BrN3. The molecule has 1 aromatic rings. The topological polar surface area (TPSA) is 18.5 Å². The van der Waals surface area contributed by atoms with E-state index in [1.807, 2.05) is 0 Å². The molecule has 2 rings (SSSR count). The van der Waals surface area contributed by atoms with Crippen molar-refractivity contribution in [2.75, 3.05) is 38.1 Å². The zero-order valence-electron chi connectivity index (χ0n) is 13.7. The summed E-state index contributed by atoms with van der Waals surface area (Å²) in [5.41, 5.74) is 2.66. The summed E-state index contributed by atoms with van der Waals surface area (Å²) in [6.07, 6.45) is 0. The van der Waals surface area contributed by atoms with Crippen LogP contribution in [0, 0.1) is 5.92 Å². The van der Waals surface area contributed by atoms with Crippen molar-refractivity contribution < 1.29 is 0 Å². The summed E-state index contributed by atoms with van der Waals surface area (Å²) in [6, 6.07) is 7.37. The van der Waals surface area contributed by atoms with Crippen molar-refractivity contribution >= 4 is 21.6 Å². The van der Waals surface area contributed by atoms with Gasteiger partial charge >= 0.3 is 0 Å². The molecule has 1 atom stereocenters. The fourth-order valence-electron chi connectivity index (χ4n) is 2.69. The Bertz CT molecular complexity index is 461. The van der Waals surface area contributed by atoms with Crippen LogP contribution in [0.5, 0.6) is 0 Å². The Morgan fingerprint density at radius 2 is 2.10 bits per heavy atom. The smallest absolute Gasteiger partial charge is 0.0511 e. The Hall–Kier alpha value is -0.580. The lowest BCUT2D eigenvalue weighted by Gasteiger charge is -2.39. The Morgan fingerprint density at radius 3 is 2.71 bits per heavy atom. The van der Waals surface area contributed by atoms with Crippen LogP contribution >= 0.6 is 15.9 Å². The average molecular weight is 354 g/mol. The van der Waals surface area contributed by atoms with E-state index in [1.165, 1.54) is 15.7 Å². The van der Waals surface area contributed by atoms with E-state index in [0.717, 1.165) is 32.7 Å². The van der Waals surface area contributed by atoms with Crippen LogP contribution in [0.4, 0.5) is 5.69 Å². The maximum atomic E-state index is 3.76.